The zero-order valence-corrected chi connectivity index (χ0v) is 16.6. The van der Waals surface area contributed by atoms with Gasteiger partial charge < -0.3 is 19.9 Å². The number of carbonyl (C=O) groups is 1. The van der Waals surface area contributed by atoms with E-state index >= 15 is 0 Å². The van der Waals surface area contributed by atoms with E-state index in [0.717, 1.165) is 9.75 Å². The number of aryl methyl sites for hydroxylation is 1. The van der Waals surface area contributed by atoms with Gasteiger partial charge in [0.2, 0.25) is 5.88 Å². The summed E-state index contributed by atoms with van der Waals surface area (Å²) in [5, 5.41) is 9.70. The van der Waals surface area contributed by atoms with Crippen LogP contribution in [0.1, 0.15) is 28.2 Å². The first-order valence-electron chi connectivity index (χ1n) is 8.69. The maximum atomic E-state index is 12.9. The van der Waals surface area contributed by atoms with E-state index in [4.69, 9.17) is 19.9 Å². The number of thiophene rings is 1. The van der Waals surface area contributed by atoms with Crippen molar-refractivity contribution in [3.63, 3.8) is 0 Å². The van der Waals surface area contributed by atoms with Crippen molar-refractivity contribution < 1.29 is 19.0 Å². The zero-order valence-electron chi connectivity index (χ0n) is 15.8. The lowest BCUT2D eigenvalue weighted by atomic mass is 9.86. The minimum absolute atomic E-state index is 0.0163. The van der Waals surface area contributed by atoms with Crippen LogP contribution in [-0.2, 0) is 14.3 Å². The van der Waals surface area contributed by atoms with Crippen molar-refractivity contribution in [3.8, 4) is 11.8 Å². The molecule has 0 saturated heterocycles. The second-order valence-electron chi connectivity index (χ2n) is 6.06. The quantitative estimate of drug-likeness (QED) is 0.772. The number of nitrogens with zero attached hydrogens (tertiary/aromatic N) is 1. The van der Waals surface area contributed by atoms with Crippen LogP contribution in [0.4, 0.5) is 0 Å². The lowest BCUT2D eigenvalue weighted by molar-refractivity contribution is -0.138. The number of nitriles is 1. The van der Waals surface area contributed by atoms with Gasteiger partial charge in [-0.25, -0.2) is 4.79 Å². The number of nitrogens with two attached hydrogens (primary N) is 1. The average Bonchev–Trinajstić information content (AvgIpc) is 3.13. The van der Waals surface area contributed by atoms with E-state index in [1.165, 1.54) is 11.3 Å². The van der Waals surface area contributed by atoms with Crippen LogP contribution < -0.4 is 10.5 Å². The van der Waals surface area contributed by atoms with Crippen molar-refractivity contribution in [1.82, 2.24) is 0 Å². The zero-order chi connectivity index (χ0) is 20.3. The van der Waals surface area contributed by atoms with Gasteiger partial charge in [-0.3, -0.25) is 0 Å². The molecule has 1 aliphatic rings. The van der Waals surface area contributed by atoms with Crippen molar-refractivity contribution in [2.75, 3.05) is 13.7 Å². The first-order valence-corrected chi connectivity index (χ1v) is 9.51. The Balaban J connectivity index is 2.23. The van der Waals surface area contributed by atoms with E-state index in [1.807, 2.05) is 19.1 Å². The van der Waals surface area contributed by atoms with Crippen LogP contribution in [0.15, 0.2) is 53.4 Å². The summed E-state index contributed by atoms with van der Waals surface area (Å²) in [6, 6.07) is 13.0. The Morgan fingerprint density at radius 3 is 2.54 bits per heavy atom. The third-order valence-corrected chi connectivity index (χ3v) is 5.38. The number of methoxy groups -OCH3 is 1. The van der Waals surface area contributed by atoms with Crippen LogP contribution in [0.2, 0.25) is 0 Å². The normalized spacial score (nSPS) is 16.4. The first-order chi connectivity index (χ1) is 13.5. The third kappa shape index (κ3) is 3.59. The smallest absolute Gasteiger partial charge is 0.338 e. The topological polar surface area (TPSA) is 94.6 Å². The molecular weight excluding hydrogens is 376 g/mol. The van der Waals surface area contributed by atoms with Crippen LogP contribution in [0.5, 0.6) is 5.75 Å². The molecule has 0 radical (unpaired) electrons. The van der Waals surface area contributed by atoms with E-state index in [1.54, 1.807) is 38.3 Å². The lowest BCUT2D eigenvalue weighted by Crippen LogP contribution is -2.25. The Morgan fingerprint density at radius 1 is 1.29 bits per heavy atom. The van der Waals surface area contributed by atoms with Crippen molar-refractivity contribution in [1.29, 1.82) is 5.26 Å². The van der Waals surface area contributed by atoms with Gasteiger partial charge in [-0.1, -0.05) is 0 Å². The summed E-state index contributed by atoms with van der Waals surface area (Å²) in [5.74, 6) is -0.242. The van der Waals surface area contributed by atoms with Gasteiger partial charge in [-0.2, -0.15) is 5.26 Å². The Kier molecular flexibility index (Phi) is 5.71. The summed E-state index contributed by atoms with van der Waals surface area (Å²) >= 11 is 1.50. The first kappa shape index (κ1) is 19.5. The fraction of sp³-hybridized carbons (Fsp3) is 0.238. The molecule has 2 N–H and O–H groups in total. The van der Waals surface area contributed by atoms with Crippen molar-refractivity contribution >= 4 is 23.1 Å². The molecule has 1 unspecified atom stereocenters. The van der Waals surface area contributed by atoms with Gasteiger partial charge in [-0.05, 0) is 50.2 Å². The number of ether oxygens (including phenoxy) is 3. The summed E-state index contributed by atoms with van der Waals surface area (Å²) in [7, 11) is 1.57. The van der Waals surface area contributed by atoms with Gasteiger partial charge in [0, 0.05) is 15.3 Å². The number of benzene rings is 1. The van der Waals surface area contributed by atoms with E-state index in [2.05, 4.69) is 6.07 Å². The molecule has 1 atom stereocenters. The maximum Gasteiger partial charge on any atom is 0.338 e. The number of allylic oxidation sites excluding steroid dienone is 1. The average molecular weight is 396 g/mol. The molecule has 7 heteroatoms. The molecule has 3 rings (SSSR count). The van der Waals surface area contributed by atoms with Crippen molar-refractivity contribution in [2.24, 2.45) is 5.73 Å². The summed E-state index contributed by atoms with van der Waals surface area (Å²) in [6.07, 6.45) is 0. The molecule has 0 fully saturated rings. The minimum Gasteiger partial charge on any atom is -0.497 e. The van der Waals surface area contributed by atoms with Crippen LogP contribution in [0.25, 0.3) is 5.76 Å². The van der Waals surface area contributed by atoms with Gasteiger partial charge in [-0.15, -0.1) is 11.3 Å². The highest BCUT2D eigenvalue weighted by Gasteiger charge is 2.38. The standard InChI is InChI=1S/C21H20N2O4S/c1-4-26-21(24)18-17(16-10-5-12(2)28-16)15(11-22)20(23)27-19(18)13-6-8-14(25-3)9-7-13/h5-10,17H,4,23H2,1-3H3. The molecule has 2 heterocycles. The van der Waals surface area contributed by atoms with Crippen LogP contribution in [0, 0.1) is 18.3 Å². The Morgan fingerprint density at radius 2 is 2.00 bits per heavy atom. The Bertz CT molecular complexity index is 996. The maximum absolute atomic E-state index is 12.9. The predicted octanol–water partition coefficient (Wildman–Crippen LogP) is 3.85. The molecule has 0 saturated carbocycles. The fourth-order valence-electron chi connectivity index (χ4n) is 3.03. The SMILES string of the molecule is CCOC(=O)C1=C(c2ccc(OC)cc2)OC(N)=C(C#N)C1c1ccc(C)s1. The molecule has 6 nitrogen and oxygen atoms in total. The molecule has 0 aliphatic carbocycles. The summed E-state index contributed by atoms with van der Waals surface area (Å²) in [4.78, 5) is 14.8. The van der Waals surface area contributed by atoms with Crippen LogP contribution in [0.3, 0.4) is 0 Å². The number of carbonyl (C=O) groups excluding carboxylic acids is 1. The number of esters is 1. The molecule has 28 heavy (non-hydrogen) atoms. The van der Waals surface area contributed by atoms with Gasteiger partial charge >= 0.3 is 5.97 Å². The Labute approximate surface area is 167 Å². The van der Waals surface area contributed by atoms with Gasteiger partial charge in [0.1, 0.15) is 23.2 Å². The molecule has 1 aromatic heterocycles. The minimum atomic E-state index is -0.645. The highest BCUT2D eigenvalue weighted by Crippen LogP contribution is 2.44. The van der Waals surface area contributed by atoms with E-state index < -0.39 is 11.9 Å². The third-order valence-electron chi connectivity index (χ3n) is 4.31. The molecule has 0 amide bonds. The lowest BCUT2D eigenvalue weighted by Gasteiger charge is -2.27. The molecule has 0 bridgehead atoms. The number of rotatable bonds is 5. The van der Waals surface area contributed by atoms with Crippen molar-refractivity contribution in [3.05, 3.63) is 68.7 Å². The molecule has 2 aromatic rings. The summed E-state index contributed by atoms with van der Waals surface area (Å²) in [6.45, 7) is 3.90. The number of hydrogen-bond donors (Lipinski definition) is 1. The molecule has 0 spiro atoms. The highest BCUT2D eigenvalue weighted by atomic mass is 32.1. The van der Waals surface area contributed by atoms with Gasteiger partial charge in [0.25, 0.3) is 0 Å². The second-order valence-corrected chi connectivity index (χ2v) is 7.38. The molecule has 1 aliphatic heterocycles. The largest absolute Gasteiger partial charge is 0.497 e. The number of hydrogen-bond acceptors (Lipinski definition) is 7. The Hall–Kier alpha value is -3.24. The summed E-state index contributed by atoms with van der Waals surface area (Å²) < 4.78 is 16.3. The van der Waals surface area contributed by atoms with Gasteiger partial charge in [0.05, 0.1) is 25.2 Å². The monoisotopic (exact) mass is 396 g/mol. The van der Waals surface area contributed by atoms with Crippen LogP contribution >= 0.6 is 11.3 Å². The van der Waals surface area contributed by atoms with E-state index in [0.29, 0.717) is 11.3 Å². The molecular formula is C21H20N2O4S. The fourth-order valence-corrected chi connectivity index (χ4v) is 4.02. The second kappa shape index (κ2) is 8.19. The molecule has 1 aromatic carbocycles. The van der Waals surface area contributed by atoms with E-state index in [-0.39, 0.29) is 29.4 Å². The highest BCUT2D eigenvalue weighted by molar-refractivity contribution is 7.12. The molecule has 144 valence electrons. The van der Waals surface area contributed by atoms with E-state index in [9.17, 15) is 10.1 Å². The predicted molar refractivity (Wildman–Crippen MR) is 106 cm³/mol. The summed E-state index contributed by atoms with van der Waals surface area (Å²) in [5.41, 5.74) is 7.17. The van der Waals surface area contributed by atoms with Gasteiger partial charge in [0.15, 0.2) is 0 Å². The van der Waals surface area contributed by atoms with Crippen molar-refractivity contribution in [2.45, 2.75) is 19.8 Å². The van der Waals surface area contributed by atoms with Crippen LogP contribution in [-0.4, -0.2) is 19.7 Å².